The number of hydrogen-bond donors (Lipinski definition) is 1. The smallest absolute Gasteiger partial charge is 0.138 e. The van der Waals surface area contributed by atoms with Crippen LogP contribution in [0, 0.1) is 5.82 Å². The van der Waals surface area contributed by atoms with Crippen LogP contribution in [0.4, 0.5) is 4.39 Å². The van der Waals surface area contributed by atoms with Crippen LogP contribution in [0.5, 0.6) is 5.75 Å². The summed E-state index contributed by atoms with van der Waals surface area (Å²) in [6, 6.07) is 13.9. The van der Waals surface area contributed by atoms with Crippen molar-refractivity contribution in [1.82, 2.24) is 4.90 Å². The monoisotopic (exact) mass is 393 g/mol. The van der Waals surface area contributed by atoms with Crippen LogP contribution < -0.4 is 4.74 Å². The quantitative estimate of drug-likeness (QED) is 0.701. The highest BCUT2D eigenvalue weighted by Crippen LogP contribution is 2.23. The zero-order chi connectivity index (χ0) is 19.1. The van der Waals surface area contributed by atoms with Gasteiger partial charge in [-0.2, -0.15) is 0 Å². The van der Waals surface area contributed by atoms with E-state index >= 15 is 0 Å². The number of hydrogen-bond acceptors (Lipinski definition) is 4. The Hall–Kier alpha value is -1.66. The number of aliphatic hydroxyl groups is 1. The predicted octanol–water partition coefficient (Wildman–Crippen LogP) is 3.90. The molecule has 1 N–H and O–H groups in total. The minimum Gasteiger partial charge on any atom is -0.489 e. The third-order valence-corrected chi connectivity index (χ3v) is 4.89. The predicted molar refractivity (Wildman–Crippen MR) is 104 cm³/mol. The van der Waals surface area contributed by atoms with Crippen molar-refractivity contribution < 1.29 is 19.0 Å². The van der Waals surface area contributed by atoms with Crippen LogP contribution >= 0.6 is 11.6 Å². The summed E-state index contributed by atoms with van der Waals surface area (Å²) in [6.07, 6.45) is 1.42. The Morgan fingerprint density at radius 2 is 2.00 bits per heavy atom. The summed E-state index contributed by atoms with van der Waals surface area (Å²) in [5.74, 6) is 0.301. The zero-order valence-electron chi connectivity index (χ0n) is 15.2. The van der Waals surface area contributed by atoms with E-state index in [9.17, 15) is 9.50 Å². The van der Waals surface area contributed by atoms with Gasteiger partial charge in [-0.25, -0.2) is 4.39 Å². The van der Waals surface area contributed by atoms with Gasteiger partial charge in [0.25, 0.3) is 0 Å². The molecule has 2 aromatic carbocycles. The minimum atomic E-state index is -0.727. The van der Waals surface area contributed by atoms with E-state index < -0.39 is 6.10 Å². The summed E-state index contributed by atoms with van der Waals surface area (Å²) >= 11 is 6.08. The maximum atomic E-state index is 14.1. The first-order valence-electron chi connectivity index (χ1n) is 9.24. The van der Waals surface area contributed by atoms with Gasteiger partial charge in [0.15, 0.2) is 0 Å². The molecule has 3 rings (SSSR count). The van der Waals surface area contributed by atoms with E-state index in [0.717, 1.165) is 19.4 Å². The molecule has 0 amide bonds. The molecule has 146 valence electrons. The molecule has 6 heteroatoms. The van der Waals surface area contributed by atoms with Crippen molar-refractivity contribution >= 4 is 11.6 Å². The fraction of sp³-hybridized carbons (Fsp3) is 0.429. The van der Waals surface area contributed by atoms with Crippen molar-refractivity contribution in [3.63, 3.8) is 0 Å². The summed E-state index contributed by atoms with van der Waals surface area (Å²) in [7, 11) is 0. The van der Waals surface area contributed by atoms with Crippen LogP contribution in [0.15, 0.2) is 48.5 Å². The van der Waals surface area contributed by atoms with Gasteiger partial charge < -0.3 is 14.6 Å². The maximum Gasteiger partial charge on any atom is 0.138 e. The number of rotatable bonds is 9. The summed E-state index contributed by atoms with van der Waals surface area (Å²) in [5, 5.41) is 11.0. The van der Waals surface area contributed by atoms with Gasteiger partial charge in [-0.15, -0.1) is 0 Å². The van der Waals surface area contributed by atoms with Crippen LogP contribution in [0.1, 0.15) is 18.4 Å². The van der Waals surface area contributed by atoms with E-state index in [-0.39, 0.29) is 18.5 Å². The molecule has 1 aliphatic heterocycles. The number of nitrogens with zero attached hydrogens (tertiary/aromatic N) is 1. The highest BCUT2D eigenvalue weighted by Gasteiger charge is 2.22. The van der Waals surface area contributed by atoms with Crippen LogP contribution in [0.3, 0.4) is 0 Å². The molecule has 0 aliphatic carbocycles. The Kier molecular flexibility index (Phi) is 7.47. The van der Waals surface area contributed by atoms with Crippen molar-refractivity contribution in [3.05, 3.63) is 64.9 Å². The topological polar surface area (TPSA) is 41.9 Å². The lowest BCUT2D eigenvalue weighted by Crippen LogP contribution is -2.39. The van der Waals surface area contributed by atoms with Crippen LogP contribution in [-0.2, 0) is 11.3 Å². The van der Waals surface area contributed by atoms with Gasteiger partial charge in [0.1, 0.15) is 24.3 Å². The molecule has 0 radical (unpaired) electrons. The molecule has 0 spiro atoms. The molecule has 1 heterocycles. The largest absolute Gasteiger partial charge is 0.489 e. The van der Waals surface area contributed by atoms with Gasteiger partial charge >= 0.3 is 0 Å². The van der Waals surface area contributed by atoms with E-state index in [2.05, 4.69) is 0 Å². The van der Waals surface area contributed by atoms with E-state index in [1.165, 1.54) is 6.07 Å². The Labute approximate surface area is 164 Å². The Balaban J connectivity index is 1.59. The second-order valence-electron chi connectivity index (χ2n) is 6.82. The lowest BCUT2D eigenvalue weighted by Gasteiger charge is -2.27. The molecular weight excluding hydrogens is 369 g/mol. The van der Waals surface area contributed by atoms with Gasteiger partial charge in [-0.3, -0.25) is 4.90 Å². The van der Waals surface area contributed by atoms with Gasteiger partial charge in [0, 0.05) is 31.8 Å². The van der Waals surface area contributed by atoms with Crippen LogP contribution in [0.2, 0.25) is 5.02 Å². The maximum absolute atomic E-state index is 14.1. The molecule has 27 heavy (non-hydrogen) atoms. The van der Waals surface area contributed by atoms with Gasteiger partial charge in [-0.1, -0.05) is 41.9 Å². The average molecular weight is 394 g/mol. The zero-order valence-corrected chi connectivity index (χ0v) is 15.9. The fourth-order valence-corrected chi connectivity index (χ4v) is 3.44. The van der Waals surface area contributed by atoms with Crippen molar-refractivity contribution in [2.45, 2.75) is 31.6 Å². The first-order valence-corrected chi connectivity index (χ1v) is 9.62. The molecule has 1 aliphatic rings. The van der Waals surface area contributed by atoms with Crippen molar-refractivity contribution in [2.24, 2.45) is 0 Å². The summed E-state index contributed by atoms with van der Waals surface area (Å²) < 4.78 is 25.4. The number of para-hydroxylation sites is 1. The Morgan fingerprint density at radius 3 is 2.74 bits per heavy atom. The van der Waals surface area contributed by atoms with Crippen molar-refractivity contribution in [1.29, 1.82) is 0 Å². The van der Waals surface area contributed by atoms with Crippen LogP contribution in [0.25, 0.3) is 0 Å². The Bertz CT molecular complexity index is 724. The van der Waals surface area contributed by atoms with E-state index in [4.69, 9.17) is 21.1 Å². The minimum absolute atomic E-state index is 0.114. The third-order valence-electron chi connectivity index (χ3n) is 4.57. The molecule has 2 unspecified atom stereocenters. The van der Waals surface area contributed by atoms with Crippen molar-refractivity contribution in [2.75, 3.05) is 26.3 Å². The van der Waals surface area contributed by atoms with E-state index in [1.807, 2.05) is 23.1 Å². The second kappa shape index (κ2) is 10.0. The summed E-state index contributed by atoms with van der Waals surface area (Å²) in [6.45, 7) is 2.30. The summed E-state index contributed by atoms with van der Waals surface area (Å²) in [5.41, 5.74) is 0.606. The Morgan fingerprint density at radius 1 is 1.22 bits per heavy atom. The van der Waals surface area contributed by atoms with Crippen molar-refractivity contribution in [3.8, 4) is 5.75 Å². The SMILES string of the molecule is OC(COc1ccccc1Cl)CN(Cc1ccccc1F)CC1CCCO1. The molecule has 0 saturated carbocycles. The third kappa shape index (κ3) is 6.18. The fourth-order valence-electron chi connectivity index (χ4n) is 3.25. The molecule has 0 aromatic heterocycles. The molecule has 1 saturated heterocycles. The average Bonchev–Trinajstić information content (AvgIpc) is 3.16. The molecule has 1 fully saturated rings. The van der Waals surface area contributed by atoms with E-state index in [1.54, 1.807) is 24.3 Å². The molecule has 0 bridgehead atoms. The molecule has 2 atom stereocenters. The normalized spacial score (nSPS) is 18.0. The van der Waals surface area contributed by atoms with Gasteiger partial charge in [-0.05, 0) is 31.0 Å². The lowest BCUT2D eigenvalue weighted by atomic mass is 10.1. The van der Waals surface area contributed by atoms with Crippen LogP contribution in [-0.4, -0.2) is 48.5 Å². The highest BCUT2D eigenvalue weighted by molar-refractivity contribution is 6.32. The first-order chi connectivity index (χ1) is 13.1. The number of aliphatic hydroxyl groups excluding tert-OH is 1. The van der Waals surface area contributed by atoms with Gasteiger partial charge in [0.2, 0.25) is 0 Å². The van der Waals surface area contributed by atoms with E-state index in [0.29, 0.717) is 36.0 Å². The second-order valence-corrected chi connectivity index (χ2v) is 7.22. The standard InChI is InChI=1S/C21H25ClFNO3/c22-19-8-2-4-10-21(19)27-15-17(25)13-24(14-18-7-5-11-26-18)12-16-6-1-3-9-20(16)23/h1-4,6,8-10,17-18,25H,5,7,11-15H2. The molecular formula is C21H25ClFNO3. The number of halogens is 2. The lowest BCUT2D eigenvalue weighted by molar-refractivity contribution is 0.0310. The molecule has 2 aromatic rings. The molecule has 4 nitrogen and oxygen atoms in total. The van der Waals surface area contributed by atoms with Gasteiger partial charge in [0.05, 0.1) is 11.1 Å². The highest BCUT2D eigenvalue weighted by atomic mass is 35.5. The summed E-state index contributed by atoms with van der Waals surface area (Å²) in [4.78, 5) is 2.02. The number of ether oxygens (including phenoxy) is 2. The number of benzene rings is 2. The first kappa shape index (κ1) is 20.1.